The number of anilines is 6. The summed E-state index contributed by atoms with van der Waals surface area (Å²) in [5.41, 5.74) is 8.46. The molecule has 0 N–H and O–H groups in total. The first-order valence-electron chi connectivity index (χ1n) is 15.4. The Labute approximate surface area is 270 Å². The van der Waals surface area contributed by atoms with Gasteiger partial charge in [-0.05, 0) is 84.9 Å². The highest BCUT2D eigenvalue weighted by Crippen LogP contribution is 2.44. The van der Waals surface area contributed by atoms with Crippen LogP contribution in [0.4, 0.5) is 34.1 Å². The highest BCUT2D eigenvalue weighted by molar-refractivity contribution is 7.25. The summed E-state index contributed by atoms with van der Waals surface area (Å²) < 4.78 is 8.81. The average Bonchev–Trinajstić information content (AvgIpc) is 3.67. The van der Waals surface area contributed by atoms with Crippen molar-refractivity contribution in [2.45, 2.75) is 0 Å². The molecular formula is C42H28N2OS. The van der Waals surface area contributed by atoms with Crippen LogP contribution in [0, 0.1) is 0 Å². The first-order chi connectivity index (χ1) is 22.8. The lowest BCUT2D eigenvalue weighted by Gasteiger charge is -2.25. The quantitative estimate of drug-likeness (QED) is 0.187. The smallest absolute Gasteiger partial charge is 0.137 e. The highest BCUT2D eigenvalue weighted by atomic mass is 32.1. The summed E-state index contributed by atoms with van der Waals surface area (Å²) in [7, 11) is 0. The Morgan fingerprint density at radius 3 is 1.50 bits per heavy atom. The van der Waals surface area contributed by atoms with Gasteiger partial charge in [0.05, 0.1) is 0 Å². The van der Waals surface area contributed by atoms with Crippen LogP contribution in [-0.4, -0.2) is 0 Å². The minimum absolute atomic E-state index is 0.886. The average molecular weight is 609 g/mol. The molecule has 2 aromatic heterocycles. The monoisotopic (exact) mass is 608 g/mol. The van der Waals surface area contributed by atoms with Crippen LogP contribution in [0.2, 0.25) is 0 Å². The second-order valence-electron chi connectivity index (χ2n) is 11.4. The molecule has 4 heteroatoms. The van der Waals surface area contributed by atoms with Gasteiger partial charge >= 0.3 is 0 Å². The van der Waals surface area contributed by atoms with Gasteiger partial charge in [-0.3, -0.25) is 0 Å². The summed E-state index contributed by atoms with van der Waals surface area (Å²) in [6, 6.07) is 60.1. The molecule has 0 saturated carbocycles. The van der Waals surface area contributed by atoms with Gasteiger partial charge in [-0.2, -0.15) is 0 Å². The highest BCUT2D eigenvalue weighted by Gasteiger charge is 2.18. The number of furan rings is 1. The van der Waals surface area contributed by atoms with E-state index in [1.54, 1.807) is 0 Å². The van der Waals surface area contributed by atoms with E-state index in [1.165, 1.54) is 20.2 Å². The van der Waals surface area contributed by atoms with Gasteiger partial charge in [0.1, 0.15) is 11.2 Å². The number of nitrogens with zero attached hydrogens (tertiary/aromatic N) is 2. The molecule has 0 aliphatic heterocycles. The maximum atomic E-state index is 6.29. The van der Waals surface area contributed by atoms with Crippen molar-refractivity contribution in [2.75, 3.05) is 9.80 Å². The minimum atomic E-state index is 0.886. The van der Waals surface area contributed by atoms with E-state index in [0.29, 0.717) is 0 Å². The first kappa shape index (κ1) is 26.6. The number of benzene rings is 7. The second-order valence-corrected chi connectivity index (χ2v) is 12.5. The normalized spacial score (nSPS) is 11.5. The number of fused-ring (bicyclic) bond motifs is 6. The van der Waals surface area contributed by atoms with Crippen molar-refractivity contribution >= 4 is 87.6 Å². The molecule has 0 aliphatic carbocycles. The van der Waals surface area contributed by atoms with Gasteiger partial charge in [0.2, 0.25) is 0 Å². The van der Waals surface area contributed by atoms with E-state index in [1.807, 2.05) is 23.5 Å². The van der Waals surface area contributed by atoms with E-state index in [0.717, 1.165) is 56.1 Å². The Kier molecular flexibility index (Phi) is 6.32. The molecule has 0 bridgehead atoms. The fourth-order valence-corrected chi connectivity index (χ4v) is 7.63. The fraction of sp³-hybridized carbons (Fsp3) is 0. The van der Waals surface area contributed by atoms with Crippen molar-refractivity contribution in [3.8, 4) is 0 Å². The van der Waals surface area contributed by atoms with Crippen LogP contribution in [0.3, 0.4) is 0 Å². The largest absolute Gasteiger partial charge is 0.456 e. The van der Waals surface area contributed by atoms with E-state index in [-0.39, 0.29) is 0 Å². The number of hydrogen-bond acceptors (Lipinski definition) is 4. The van der Waals surface area contributed by atoms with Gasteiger partial charge in [0.15, 0.2) is 0 Å². The van der Waals surface area contributed by atoms with Crippen molar-refractivity contribution in [3.63, 3.8) is 0 Å². The first-order valence-corrected chi connectivity index (χ1v) is 16.2. The van der Waals surface area contributed by atoms with Crippen LogP contribution in [0.1, 0.15) is 0 Å². The Hall–Kier alpha value is -5.84. The lowest BCUT2D eigenvalue weighted by Crippen LogP contribution is -2.09. The molecule has 0 radical (unpaired) electrons. The molecule has 0 amide bonds. The molecule has 0 unspecified atom stereocenters. The zero-order chi connectivity index (χ0) is 30.5. The van der Waals surface area contributed by atoms with Gasteiger partial charge in [0, 0.05) is 71.1 Å². The molecule has 9 aromatic rings. The second kappa shape index (κ2) is 11.0. The summed E-state index contributed by atoms with van der Waals surface area (Å²) in [5.74, 6) is 0. The summed E-state index contributed by atoms with van der Waals surface area (Å²) in [6.45, 7) is 0. The molecule has 0 fully saturated rings. The van der Waals surface area contributed by atoms with E-state index < -0.39 is 0 Å². The molecule has 7 aromatic carbocycles. The summed E-state index contributed by atoms with van der Waals surface area (Å²) in [4.78, 5) is 4.64. The topological polar surface area (TPSA) is 19.6 Å². The number of para-hydroxylation sites is 4. The van der Waals surface area contributed by atoms with E-state index in [4.69, 9.17) is 4.42 Å². The minimum Gasteiger partial charge on any atom is -0.456 e. The van der Waals surface area contributed by atoms with Gasteiger partial charge in [0.25, 0.3) is 0 Å². The molecule has 0 aliphatic rings. The summed E-state index contributed by atoms with van der Waals surface area (Å²) in [5, 5.41) is 4.78. The molecule has 46 heavy (non-hydrogen) atoms. The predicted octanol–water partition coefficient (Wildman–Crippen LogP) is 12.9. The van der Waals surface area contributed by atoms with Crippen molar-refractivity contribution in [1.82, 2.24) is 0 Å². The van der Waals surface area contributed by atoms with Crippen molar-refractivity contribution in [3.05, 3.63) is 170 Å². The SMILES string of the molecule is c1ccc(N(c2ccc3c(c2)oc2ccccc23)c2ccc3c(c2)sc2ccc(N(c4ccccc4)c4ccccc4)cc23)cc1. The van der Waals surface area contributed by atoms with Gasteiger partial charge < -0.3 is 14.2 Å². The van der Waals surface area contributed by atoms with Crippen molar-refractivity contribution in [2.24, 2.45) is 0 Å². The predicted molar refractivity (Wildman–Crippen MR) is 196 cm³/mol. The standard InChI is InChI=1S/C42H28N2OS/c1-4-12-29(13-5-1)43(30-14-6-2-7-15-30)32-22-25-41-38(26-32)37-24-21-34(28-42(37)46-41)44(31-16-8-3-9-17-31)33-20-23-36-35-18-10-11-19-39(35)45-40(36)27-33/h1-28H. The third-order valence-corrected chi connectivity index (χ3v) is 9.75. The van der Waals surface area contributed by atoms with E-state index in [9.17, 15) is 0 Å². The molecule has 3 nitrogen and oxygen atoms in total. The zero-order valence-corrected chi connectivity index (χ0v) is 25.7. The lowest BCUT2D eigenvalue weighted by molar-refractivity contribution is 0.669. The summed E-state index contributed by atoms with van der Waals surface area (Å²) in [6.07, 6.45) is 0. The van der Waals surface area contributed by atoms with Crippen LogP contribution in [0.15, 0.2) is 174 Å². The summed E-state index contributed by atoms with van der Waals surface area (Å²) >= 11 is 1.84. The van der Waals surface area contributed by atoms with Gasteiger partial charge in [-0.25, -0.2) is 0 Å². The number of rotatable bonds is 6. The maximum Gasteiger partial charge on any atom is 0.137 e. The van der Waals surface area contributed by atoms with Crippen LogP contribution >= 0.6 is 11.3 Å². The van der Waals surface area contributed by atoms with Crippen LogP contribution in [0.25, 0.3) is 42.1 Å². The van der Waals surface area contributed by atoms with E-state index >= 15 is 0 Å². The Balaban J connectivity index is 1.17. The Morgan fingerprint density at radius 2 is 0.826 bits per heavy atom. The zero-order valence-electron chi connectivity index (χ0n) is 24.9. The van der Waals surface area contributed by atoms with Gasteiger partial charge in [-0.1, -0.05) is 78.9 Å². The number of hydrogen-bond donors (Lipinski definition) is 0. The third kappa shape index (κ3) is 4.50. The molecule has 0 atom stereocenters. The van der Waals surface area contributed by atoms with Crippen LogP contribution in [-0.2, 0) is 0 Å². The van der Waals surface area contributed by atoms with E-state index in [2.05, 4.69) is 168 Å². The maximum absolute atomic E-state index is 6.29. The Morgan fingerprint density at radius 1 is 0.326 bits per heavy atom. The molecule has 0 spiro atoms. The van der Waals surface area contributed by atoms with Crippen LogP contribution in [0.5, 0.6) is 0 Å². The molecule has 9 rings (SSSR count). The molecule has 2 heterocycles. The fourth-order valence-electron chi connectivity index (χ4n) is 6.51. The lowest BCUT2D eigenvalue weighted by atomic mass is 10.1. The van der Waals surface area contributed by atoms with Crippen molar-refractivity contribution < 1.29 is 4.42 Å². The Bertz CT molecular complexity index is 2440. The van der Waals surface area contributed by atoms with Crippen molar-refractivity contribution in [1.29, 1.82) is 0 Å². The molecular weight excluding hydrogens is 581 g/mol. The van der Waals surface area contributed by atoms with Crippen LogP contribution < -0.4 is 9.80 Å². The third-order valence-electron chi connectivity index (χ3n) is 8.62. The van der Waals surface area contributed by atoms with Gasteiger partial charge in [-0.15, -0.1) is 11.3 Å². The number of thiophene rings is 1. The molecule has 0 saturated heterocycles. The molecule has 218 valence electrons.